The number of ether oxygens (including phenoxy) is 1. The summed E-state index contributed by atoms with van der Waals surface area (Å²) in [6, 6.07) is 14.1. The van der Waals surface area contributed by atoms with Gasteiger partial charge in [-0.15, -0.1) is 0 Å². The van der Waals surface area contributed by atoms with E-state index in [0.29, 0.717) is 15.1 Å². The zero-order chi connectivity index (χ0) is 18.0. The summed E-state index contributed by atoms with van der Waals surface area (Å²) in [7, 11) is -0.0770. The fraction of sp³-hybridized carbons (Fsp3) is 0.118. The first-order valence-corrected chi connectivity index (χ1v) is 11.2. The van der Waals surface area contributed by atoms with Gasteiger partial charge in [-0.05, 0) is 29.3 Å². The normalized spacial score (nSPS) is 11.0. The molecule has 3 rings (SSSR count). The molecule has 0 amide bonds. The molecule has 0 saturated carbocycles. The minimum absolute atomic E-state index is 0. The first-order valence-electron chi connectivity index (χ1n) is 7.20. The van der Waals surface area contributed by atoms with Gasteiger partial charge in [0.2, 0.25) is 0 Å². The quantitative estimate of drug-likeness (QED) is 0.266. The van der Waals surface area contributed by atoms with Crippen LogP contribution in [0.5, 0.6) is 5.75 Å². The molecule has 1 aromatic heterocycles. The molecule has 0 unspecified atom stereocenters. The van der Waals surface area contributed by atoms with Crippen LogP contribution in [0.4, 0.5) is 0 Å². The van der Waals surface area contributed by atoms with Crippen molar-refractivity contribution in [2.75, 3.05) is 7.11 Å². The smallest absolute Gasteiger partial charge is 0.744 e. The molecule has 0 atom stereocenters. The molecule has 0 saturated heterocycles. The van der Waals surface area contributed by atoms with Crippen molar-refractivity contribution in [3.8, 4) is 16.2 Å². The van der Waals surface area contributed by atoms with Gasteiger partial charge in [-0.2, -0.15) is 0 Å². The Kier molecular flexibility index (Phi) is 7.58. The van der Waals surface area contributed by atoms with Gasteiger partial charge in [-0.25, -0.2) is 8.42 Å². The van der Waals surface area contributed by atoms with Crippen LogP contribution in [-0.4, -0.2) is 20.1 Å². The summed E-state index contributed by atoms with van der Waals surface area (Å²) in [6.07, 6.45) is 0.261. The predicted molar refractivity (Wildman–Crippen MR) is 102 cm³/mol. The van der Waals surface area contributed by atoms with Crippen molar-refractivity contribution in [1.29, 1.82) is 0 Å². The maximum atomic E-state index is 11.6. The standard InChI is InChI=1S/C17H14O4S4.Na/c1-21-13-7-8-15(25(18,19)20)12(9-13)10-14-16(23-24-17(14)22)11-5-3-2-4-6-11;/h2-9H,10H2,1H3,(H,18,19,20);/q;+1/p-1. The van der Waals surface area contributed by atoms with E-state index in [1.165, 1.54) is 29.6 Å². The third kappa shape index (κ3) is 4.82. The van der Waals surface area contributed by atoms with Gasteiger partial charge in [0.25, 0.3) is 0 Å². The second-order valence-electron chi connectivity index (χ2n) is 5.23. The van der Waals surface area contributed by atoms with Gasteiger partial charge in [0.15, 0.2) is 0 Å². The van der Waals surface area contributed by atoms with E-state index in [0.717, 1.165) is 16.0 Å². The van der Waals surface area contributed by atoms with Crippen LogP contribution in [0.2, 0.25) is 0 Å². The van der Waals surface area contributed by atoms with Gasteiger partial charge in [-0.3, -0.25) is 0 Å². The minimum Gasteiger partial charge on any atom is -0.744 e. The fourth-order valence-corrected chi connectivity index (χ4v) is 6.10. The van der Waals surface area contributed by atoms with Gasteiger partial charge < -0.3 is 9.29 Å². The molecular formula is C17H13NaO4S4. The Morgan fingerprint density at radius 2 is 1.81 bits per heavy atom. The summed E-state index contributed by atoms with van der Waals surface area (Å²) in [4.78, 5) is 0.755. The van der Waals surface area contributed by atoms with E-state index >= 15 is 0 Å². The van der Waals surface area contributed by atoms with Gasteiger partial charge >= 0.3 is 29.6 Å². The van der Waals surface area contributed by atoms with Gasteiger partial charge in [-0.1, -0.05) is 63.2 Å². The molecule has 26 heavy (non-hydrogen) atoms. The average Bonchev–Trinajstić information content (AvgIpc) is 2.95. The monoisotopic (exact) mass is 432 g/mol. The molecule has 3 aromatic rings. The molecule has 0 spiro atoms. The SMILES string of the molecule is COc1ccc(S(=O)(=O)[O-])c(Cc2c(-c3ccccc3)ssc2=S)c1.[Na+]. The Hall–Kier alpha value is -0.580. The molecule has 2 aromatic carbocycles. The number of hydrogen-bond donors (Lipinski definition) is 0. The molecule has 0 aliphatic rings. The number of rotatable bonds is 5. The Bertz CT molecular complexity index is 1060. The Balaban J connectivity index is 0.00000243. The Morgan fingerprint density at radius 1 is 1.12 bits per heavy atom. The van der Waals surface area contributed by atoms with Crippen LogP contribution >= 0.6 is 32.9 Å². The third-order valence-corrected chi connectivity index (χ3v) is 7.79. The van der Waals surface area contributed by atoms with Crippen molar-refractivity contribution in [2.45, 2.75) is 11.3 Å². The first-order chi connectivity index (χ1) is 11.9. The molecule has 0 aliphatic carbocycles. The van der Waals surface area contributed by atoms with E-state index in [1.54, 1.807) is 16.4 Å². The van der Waals surface area contributed by atoms with Crippen molar-refractivity contribution in [3.05, 3.63) is 63.5 Å². The second kappa shape index (κ2) is 9.07. The topological polar surface area (TPSA) is 66.4 Å². The van der Waals surface area contributed by atoms with Crippen LogP contribution in [0.1, 0.15) is 11.1 Å². The molecule has 0 bridgehead atoms. The second-order valence-corrected chi connectivity index (χ2v) is 9.40. The molecular weight excluding hydrogens is 419 g/mol. The maximum Gasteiger partial charge on any atom is 1.00 e. The van der Waals surface area contributed by atoms with Crippen molar-refractivity contribution >= 4 is 43.0 Å². The van der Waals surface area contributed by atoms with E-state index in [-0.39, 0.29) is 40.9 Å². The summed E-state index contributed by atoms with van der Waals surface area (Å²) in [5.74, 6) is 0.494. The third-order valence-electron chi connectivity index (χ3n) is 3.66. The summed E-state index contributed by atoms with van der Waals surface area (Å²) in [6.45, 7) is 0. The largest absolute Gasteiger partial charge is 1.00 e. The van der Waals surface area contributed by atoms with Crippen molar-refractivity contribution < 1.29 is 47.3 Å². The Labute approximate surface area is 186 Å². The molecule has 0 fully saturated rings. The fourth-order valence-electron chi connectivity index (χ4n) is 2.49. The first kappa shape index (κ1) is 21.7. The number of hydrogen-bond acceptors (Lipinski definition) is 7. The van der Waals surface area contributed by atoms with Crippen LogP contribution in [0.15, 0.2) is 53.4 Å². The van der Waals surface area contributed by atoms with Gasteiger partial charge in [0, 0.05) is 12.0 Å². The zero-order valence-corrected chi connectivity index (χ0v) is 19.4. The van der Waals surface area contributed by atoms with Crippen LogP contribution in [0.3, 0.4) is 0 Å². The van der Waals surface area contributed by atoms with Gasteiger partial charge in [0.1, 0.15) is 19.7 Å². The van der Waals surface area contributed by atoms with Crippen LogP contribution < -0.4 is 34.3 Å². The maximum absolute atomic E-state index is 11.6. The number of benzene rings is 2. The number of methoxy groups -OCH3 is 1. The predicted octanol–water partition coefficient (Wildman–Crippen LogP) is 1.71. The summed E-state index contributed by atoms with van der Waals surface area (Å²) in [5, 5.41) is 0. The molecule has 0 N–H and O–H groups in total. The molecule has 9 heteroatoms. The van der Waals surface area contributed by atoms with E-state index < -0.39 is 10.1 Å². The zero-order valence-electron chi connectivity index (χ0n) is 14.1. The molecule has 4 nitrogen and oxygen atoms in total. The van der Waals surface area contributed by atoms with E-state index in [4.69, 9.17) is 17.0 Å². The Morgan fingerprint density at radius 3 is 2.42 bits per heavy atom. The summed E-state index contributed by atoms with van der Waals surface area (Å²) >= 11 is 5.44. The van der Waals surface area contributed by atoms with Gasteiger partial charge in [0.05, 0.1) is 16.9 Å². The van der Waals surface area contributed by atoms with Crippen molar-refractivity contribution in [2.24, 2.45) is 0 Å². The van der Waals surface area contributed by atoms with Crippen LogP contribution in [-0.2, 0) is 16.5 Å². The molecule has 1 heterocycles. The summed E-state index contributed by atoms with van der Waals surface area (Å²) < 4.78 is 40.7. The molecule has 0 radical (unpaired) electrons. The molecule has 130 valence electrons. The van der Waals surface area contributed by atoms with Crippen molar-refractivity contribution in [3.63, 3.8) is 0 Å². The van der Waals surface area contributed by atoms with E-state index in [9.17, 15) is 13.0 Å². The van der Waals surface area contributed by atoms with Crippen LogP contribution in [0.25, 0.3) is 10.4 Å². The molecule has 0 aliphatic heterocycles. The average molecular weight is 433 g/mol. The summed E-state index contributed by atoms with van der Waals surface area (Å²) in [5.41, 5.74) is 2.27. The van der Waals surface area contributed by atoms with Crippen molar-refractivity contribution in [1.82, 2.24) is 0 Å². The van der Waals surface area contributed by atoms with Crippen LogP contribution in [0, 0.1) is 3.82 Å². The van der Waals surface area contributed by atoms with E-state index in [1.807, 2.05) is 30.3 Å². The van der Waals surface area contributed by atoms with E-state index in [2.05, 4.69) is 0 Å². The minimum atomic E-state index is -4.58.